The molecule has 1 heterocycles. The Balaban J connectivity index is 2.45. The number of rotatable bonds is 4. The highest BCUT2D eigenvalue weighted by Crippen LogP contribution is 2.25. The van der Waals surface area contributed by atoms with E-state index in [9.17, 15) is 13.0 Å². The maximum Gasteiger partial charge on any atom is 0.325 e. The first-order valence-corrected chi connectivity index (χ1v) is 6.61. The van der Waals surface area contributed by atoms with Gasteiger partial charge in [-0.2, -0.15) is 8.78 Å². The second-order valence-electron chi connectivity index (χ2n) is 4.56. The third-order valence-electron chi connectivity index (χ3n) is 2.69. The van der Waals surface area contributed by atoms with Crippen LogP contribution in [-0.2, 0) is 11.0 Å². The van der Waals surface area contributed by atoms with Gasteiger partial charge in [-0.05, 0) is 31.1 Å². The van der Waals surface area contributed by atoms with Gasteiger partial charge >= 0.3 is 5.76 Å². The van der Waals surface area contributed by atoms with Crippen molar-refractivity contribution in [2.24, 2.45) is 11.8 Å². The zero-order valence-corrected chi connectivity index (χ0v) is 10.1. The van der Waals surface area contributed by atoms with Crippen molar-refractivity contribution in [1.29, 1.82) is 0 Å². The summed E-state index contributed by atoms with van der Waals surface area (Å²) < 4.78 is 37.2. The van der Waals surface area contributed by atoms with Crippen molar-refractivity contribution < 1.29 is 13.0 Å². The van der Waals surface area contributed by atoms with Crippen LogP contribution in [0.25, 0.3) is 0 Å². The lowest BCUT2D eigenvalue weighted by Gasteiger charge is -2.32. The molecular weight excluding hydrogens is 220 g/mol. The summed E-state index contributed by atoms with van der Waals surface area (Å²) in [6.45, 7) is 5.37. The van der Waals surface area contributed by atoms with Crippen LogP contribution in [0, 0.1) is 11.8 Å². The van der Waals surface area contributed by atoms with Crippen LogP contribution in [-0.4, -0.2) is 27.4 Å². The first-order valence-electron chi connectivity index (χ1n) is 5.44. The largest absolute Gasteiger partial charge is 0.325 e. The molecule has 2 atom stereocenters. The van der Waals surface area contributed by atoms with Crippen LogP contribution in [0.15, 0.2) is 0 Å². The van der Waals surface area contributed by atoms with Crippen molar-refractivity contribution in [3.63, 3.8) is 0 Å². The van der Waals surface area contributed by atoms with Crippen molar-refractivity contribution in [2.45, 2.75) is 38.9 Å². The zero-order chi connectivity index (χ0) is 11.4. The topological polar surface area (TPSA) is 20.3 Å². The maximum absolute atomic E-state index is 12.3. The highest BCUT2D eigenvalue weighted by molar-refractivity contribution is 7.82. The van der Waals surface area contributed by atoms with Crippen LogP contribution in [0.1, 0.15) is 33.1 Å². The lowest BCUT2D eigenvalue weighted by molar-refractivity contribution is 0.207. The molecule has 1 saturated heterocycles. The number of halogens is 2. The van der Waals surface area contributed by atoms with Gasteiger partial charge in [-0.15, -0.1) is 0 Å². The zero-order valence-electron chi connectivity index (χ0n) is 9.29. The Morgan fingerprint density at radius 2 is 2.13 bits per heavy atom. The molecule has 0 saturated carbocycles. The summed E-state index contributed by atoms with van der Waals surface area (Å²) in [5, 5.41) is 0. The number of hydrogen-bond acceptors (Lipinski definition) is 1. The van der Waals surface area contributed by atoms with Crippen LogP contribution >= 0.6 is 0 Å². The van der Waals surface area contributed by atoms with E-state index in [1.807, 2.05) is 0 Å². The summed E-state index contributed by atoms with van der Waals surface area (Å²) in [6.07, 6.45) is 3.00. The highest BCUT2D eigenvalue weighted by Gasteiger charge is 2.28. The van der Waals surface area contributed by atoms with Gasteiger partial charge in [0.1, 0.15) is 0 Å². The Kier molecular flexibility index (Phi) is 5.12. The van der Waals surface area contributed by atoms with Crippen LogP contribution in [0.3, 0.4) is 0 Å². The Morgan fingerprint density at radius 1 is 1.47 bits per heavy atom. The molecule has 0 aromatic rings. The fourth-order valence-corrected chi connectivity index (χ4v) is 3.05. The van der Waals surface area contributed by atoms with Gasteiger partial charge in [0.25, 0.3) is 0 Å². The van der Waals surface area contributed by atoms with Gasteiger partial charge in [0.2, 0.25) is 0 Å². The van der Waals surface area contributed by atoms with Crippen LogP contribution in [0.2, 0.25) is 0 Å². The van der Waals surface area contributed by atoms with E-state index in [0.29, 0.717) is 24.9 Å². The monoisotopic (exact) mass is 239 g/mol. The van der Waals surface area contributed by atoms with E-state index in [4.69, 9.17) is 0 Å². The molecular formula is C10H19F2NOS. The van der Waals surface area contributed by atoms with Crippen molar-refractivity contribution in [1.82, 2.24) is 4.31 Å². The van der Waals surface area contributed by atoms with E-state index < -0.39 is 16.7 Å². The predicted molar refractivity (Wildman–Crippen MR) is 57.9 cm³/mol. The Morgan fingerprint density at radius 3 is 2.67 bits per heavy atom. The molecule has 0 aliphatic carbocycles. The minimum atomic E-state index is -2.73. The molecule has 0 N–H and O–H groups in total. The molecule has 0 amide bonds. The summed E-state index contributed by atoms with van der Waals surface area (Å²) in [5.41, 5.74) is 0. The molecule has 0 aromatic carbocycles. The van der Waals surface area contributed by atoms with Crippen molar-refractivity contribution in [3.05, 3.63) is 0 Å². The normalized spacial score (nSPS) is 26.1. The molecule has 1 aliphatic heterocycles. The second kappa shape index (κ2) is 5.89. The minimum Gasteiger partial charge on any atom is -0.237 e. The van der Waals surface area contributed by atoms with Gasteiger partial charge in [-0.1, -0.05) is 13.8 Å². The summed E-state index contributed by atoms with van der Waals surface area (Å²) in [4.78, 5) is 0. The number of hydrogen-bond donors (Lipinski definition) is 0. The average Bonchev–Trinajstić information content (AvgIpc) is 2.16. The molecule has 2 unspecified atom stereocenters. The summed E-state index contributed by atoms with van der Waals surface area (Å²) >= 11 is 0. The van der Waals surface area contributed by atoms with E-state index >= 15 is 0 Å². The first-order chi connectivity index (χ1) is 7.00. The van der Waals surface area contributed by atoms with E-state index in [0.717, 1.165) is 19.3 Å². The van der Waals surface area contributed by atoms with E-state index in [1.54, 1.807) is 0 Å². The van der Waals surface area contributed by atoms with Gasteiger partial charge in [-0.25, -0.2) is 8.51 Å². The Labute approximate surface area is 92.6 Å². The molecule has 1 aliphatic rings. The standard InChI is InChI=1S/C10H19F2NOS/c1-8(2)6-9-4-3-5-13(7-9)15(14)10(11)12/h8-10H,3-7H2,1-2H3. The van der Waals surface area contributed by atoms with E-state index in [2.05, 4.69) is 13.8 Å². The molecule has 0 spiro atoms. The predicted octanol–water partition coefficient (Wildman–Crippen LogP) is 2.63. The molecule has 2 nitrogen and oxygen atoms in total. The van der Waals surface area contributed by atoms with Crippen molar-refractivity contribution >= 4 is 11.0 Å². The lowest BCUT2D eigenvalue weighted by Crippen LogP contribution is -2.39. The fourth-order valence-electron chi connectivity index (χ4n) is 2.16. The van der Waals surface area contributed by atoms with Gasteiger partial charge in [0, 0.05) is 13.1 Å². The molecule has 0 aromatic heterocycles. The first kappa shape index (κ1) is 13.0. The van der Waals surface area contributed by atoms with Crippen LogP contribution < -0.4 is 0 Å². The van der Waals surface area contributed by atoms with Gasteiger partial charge in [-0.3, -0.25) is 0 Å². The minimum absolute atomic E-state index is 0.432. The van der Waals surface area contributed by atoms with Crippen LogP contribution in [0.4, 0.5) is 8.78 Å². The number of nitrogens with zero attached hydrogens (tertiary/aromatic N) is 1. The molecule has 0 radical (unpaired) electrons. The summed E-state index contributed by atoms with van der Waals surface area (Å²) in [7, 11) is -2.09. The number of piperidine rings is 1. The lowest BCUT2D eigenvalue weighted by atomic mass is 9.91. The molecule has 15 heavy (non-hydrogen) atoms. The van der Waals surface area contributed by atoms with Gasteiger partial charge in [0.05, 0.1) is 0 Å². The molecule has 1 rings (SSSR count). The Bertz CT molecular complexity index is 223. The smallest absolute Gasteiger partial charge is 0.237 e. The third-order valence-corrected chi connectivity index (χ3v) is 3.84. The highest BCUT2D eigenvalue weighted by atomic mass is 32.2. The van der Waals surface area contributed by atoms with E-state index in [1.165, 1.54) is 4.31 Å². The van der Waals surface area contributed by atoms with Crippen molar-refractivity contribution in [2.75, 3.05) is 13.1 Å². The molecule has 1 fully saturated rings. The third kappa shape index (κ3) is 4.15. The van der Waals surface area contributed by atoms with Gasteiger partial charge in [0.15, 0.2) is 11.0 Å². The maximum atomic E-state index is 12.3. The van der Waals surface area contributed by atoms with Gasteiger partial charge < -0.3 is 0 Å². The quantitative estimate of drug-likeness (QED) is 0.738. The fraction of sp³-hybridized carbons (Fsp3) is 1.00. The summed E-state index contributed by atoms with van der Waals surface area (Å²) in [6, 6.07) is 0. The molecule has 0 bridgehead atoms. The molecule has 90 valence electrons. The second-order valence-corrected chi connectivity index (χ2v) is 5.99. The average molecular weight is 239 g/mol. The summed E-state index contributed by atoms with van der Waals surface area (Å²) in [5.74, 6) is -1.72. The van der Waals surface area contributed by atoms with E-state index in [-0.39, 0.29) is 0 Å². The Hall–Kier alpha value is -0.0300. The van der Waals surface area contributed by atoms with Crippen LogP contribution in [0.5, 0.6) is 0 Å². The SMILES string of the molecule is CC(C)CC1CCCN(S(=O)C(F)F)C1. The van der Waals surface area contributed by atoms with Crippen molar-refractivity contribution in [3.8, 4) is 0 Å². The molecule has 5 heteroatoms. The number of alkyl halides is 2.